The first kappa shape index (κ1) is 12.3. The summed E-state index contributed by atoms with van der Waals surface area (Å²) >= 11 is 1.70. The van der Waals surface area contributed by atoms with Crippen LogP contribution < -0.4 is 9.47 Å². The molecule has 0 saturated heterocycles. The number of nitrogens with zero attached hydrogens (tertiary/aromatic N) is 2. The van der Waals surface area contributed by atoms with Crippen molar-refractivity contribution in [3.05, 3.63) is 30.3 Å². The molecule has 0 atom stereocenters. The molecular formula is C14H14N2O2S. The van der Waals surface area contributed by atoms with Crippen LogP contribution in [0.1, 0.15) is 13.8 Å². The third-order valence-electron chi connectivity index (χ3n) is 2.66. The molecule has 2 heterocycles. The Balaban J connectivity index is 1.86. The Morgan fingerprint density at radius 2 is 1.89 bits per heavy atom. The summed E-state index contributed by atoms with van der Waals surface area (Å²) in [5.41, 5.74) is 1.82. The third kappa shape index (κ3) is 2.66. The normalized spacial score (nSPS) is 13.0. The second kappa shape index (κ2) is 5.09. The van der Waals surface area contributed by atoms with E-state index in [1.165, 1.54) is 0 Å². The Kier molecular flexibility index (Phi) is 3.29. The van der Waals surface area contributed by atoms with Crippen LogP contribution in [0.5, 0.6) is 11.5 Å². The van der Waals surface area contributed by atoms with Gasteiger partial charge in [0.1, 0.15) is 5.03 Å². The number of hydrogen-bond acceptors (Lipinski definition) is 5. The highest BCUT2D eigenvalue weighted by Crippen LogP contribution is 2.35. The zero-order valence-electron chi connectivity index (χ0n) is 10.8. The van der Waals surface area contributed by atoms with Gasteiger partial charge < -0.3 is 9.47 Å². The number of thioether (sulfide) groups is 1. The van der Waals surface area contributed by atoms with Crippen molar-refractivity contribution in [3.63, 3.8) is 0 Å². The highest BCUT2D eigenvalue weighted by molar-refractivity contribution is 7.99. The molecule has 0 N–H and O–H groups in total. The summed E-state index contributed by atoms with van der Waals surface area (Å²) < 4.78 is 10.7. The van der Waals surface area contributed by atoms with E-state index in [9.17, 15) is 0 Å². The predicted octanol–water partition coefficient (Wildman–Crippen LogP) is 3.37. The van der Waals surface area contributed by atoms with Crippen molar-refractivity contribution >= 4 is 11.8 Å². The first-order chi connectivity index (χ1) is 9.22. The van der Waals surface area contributed by atoms with Crippen LogP contribution >= 0.6 is 11.8 Å². The van der Waals surface area contributed by atoms with Gasteiger partial charge in [-0.15, -0.1) is 22.0 Å². The minimum Gasteiger partial charge on any atom is -0.454 e. The van der Waals surface area contributed by atoms with Gasteiger partial charge in [0.15, 0.2) is 11.5 Å². The van der Waals surface area contributed by atoms with Crippen LogP contribution in [0, 0.1) is 0 Å². The molecule has 0 radical (unpaired) electrons. The molecule has 1 aromatic heterocycles. The maximum atomic E-state index is 5.36. The van der Waals surface area contributed by atoms with Crippen LogP contribution in [0.3, 0.4) is 0 Å². The van der Waals surface area contributed by atoms with E-state index in [0.29, 0.717) is 5.25 Å². The van der Waals surface area contributed by atoms with Gasteiger partial charge in [-0.1, -0.05) is 13.8 Å². The molecule has 2 aromatic rings. The van der Waals surface area contributed by atoms with Gasteiger partial charge in [0.25, 0.3) is 0 Å². The molecule has 98 valence electrons. The molecule has 3 rings (SSSR count). The summed E-state index contributed by atoms with van der Waals surface area (Å²) in [5, 5.41) is 9.94. The summed E-state index contributed by atoms with van der Waals surface area (Å²) in [4.78, 5) is 0. The van der Waals surface area contributed by atoms with Crippen molar-refractivity contribution in [2.75, 3.05) is 6.79 Å². The fourth-order valence-electron chi connectivity index (χ4n) is 1.83. The smallest absolute Gasteiger partial charge is 0.231 e. The molecule has 1 aromatic carbocycles. The largest absolute Gasteiger partial charge is 0.454 e. The minimum absolute atomic E-state index is 0.286. The van der Waals surface area contributed by atoms with Crippen LogP contribution in [0.4, 0.5) is 0 Å². The van der Waals surface area contributed by atoms with E-state index in [1.807, 2.05) is 30.3 Å². The molecule has 0 bridgehead atoms. The number of benzene rings is 1. The van der Waals surface area contributed by atoms with Gasteiger partial charge in [0, 0.05) is 10.8 Å². The fraction of sp³-hybridized carbons (Fsp3) is 0.286. The van der Waals surface area contributed by atoms with Crippen molar-refractivity contribution in [1.82, 2.24) is 10.2 Å². The number of hydrogen-bond donors (Lipinski definition) is 0. The van der Waals surface area contributed by atoms with Gasteiger partial charge in [-0.25, -0.2) is 0 Å². The molecule has 1 aliphatic heterocycles. The first-order valence-electron chi connectivity index (χ1n) is 6.13. The molecule has 0 fully saturated rings. The van der Waals surface area contributed by atoms with E-state index in [1.54, 1.807) is 11.8 Å². The molecule has 0 saturated carbocycles. The topological polar surface area (TPSA) is 44.2 Å². The average molecular weight is 274 g/mol. The lowest BCUT2D eigenvalue weighted by Crippen LogP contribution is -1.93. The molecule has 0 aliphatic carbocycles. The molecule has 1 aliphatic rings. The lowest BCUT2D eigenvalue weighted by Gasteiger charge is -2.05. The zero-order chi connectivity index (χ0) is 13.2. The van der Waals surface area contributed by atoms with Gasteiger partial charge in [-0.3, -0.25) is 0 Å². The average Bonchev–Trinajstić information content (AvgIpc) is 2.86. The highest BCUT2D eigenvalue weighted by atomic mass is 32.2. The Hall–Kier alpha value is -1.75. The van der Waals surface area contributed by atoms with Crippen molar-refractivity contribution < 1.29 is 9.47 Å². The minimum atomic E-state index is 0.286. The Labute approximate surface area is 116 Å². The van der Waals surface area contributed by atoms with Gasteiger partial charge in [-0.05, 0) is 30.3 Å². The fourth-order valence-corrected chi connectivity index (χ4v) is 2.55. The van der Waals surface area contributed by atoms with Gasteiger partial charge >= 0.3 is 0 Å². The third-order valence-corrected chi connectivity index (χ3v) is 3.60. The molecular weight excluding hydrogens is 260 g/mol. The summed E-state index contributed by atoms with van der Waals surface area (Å²) in [5.74, 6) is 1.55. The van der Waals surface area contributed by atoms with Crippen LogP contribution in [0.2, 0.25) is 0 Å². The second-order valence-electron chi connectivity index (χ2n) is 4.49. The van der Waals surface area contributed by atoms with E-state index in [2.05, 4.69) is 24.0 Å². The molecule has 5 heteroatoms. The molecule has 0 spiro atoms. The zero-order valence-corrected chi connectivity index (χ0v) is 11.6. The van der Waals surface area contributed by atoms with Crippen LogP contribution in [-0.4, -0.2) is 22.2 Å². The molecule has 19 heavy (non-hydrogen) atoms. The van der Waals surface area contributed by atoms with E-state index in [4.69, 9.17) is 9.47 Å². The van der Waals surface area contributed by atoms with Crippen molar-refractivity contribution in [1.29, 1.82) is 0 Å². The number of ether oxygens (including phenoxy) is 2. The number of fused-ring (bicyclic) bond motifs is 1. The Morgan fingerprint density at radius 1 is 1.05 bits per heavy atom. The van der Waals surface area contributed by atoms with E-state index in [0.717, 1.165) is 27.8 Å². The summed E-state index contributed by atoms with van der Waals surface area (Å²) in [6, 6.07) is 9.78. The molecule has 4 nitrogen and oxygen atoms in total. The first-order valence-corrected chi connectivity index (χ1v) is 7.01. The van der Waals surface area contributed by atoms with Gasteiger partial charge in [0.2, 0.25) is 6.79 Å². The Morgan fingerprint density at radius 3 is 2.63 bits per heavy atom. The summed E-state index contributed by atoms with van der Waals surface area (Å²) in [7, 11) is 0. The van der Waals surface area contributed by atoms with Crippen LogP contribution in [0.15, 0.2) is 35.4 Å². The molecule has 0 amide bonds. The van der Waals surface area contributed by atoms with Gasteiger partial charge in [-0.2, -0.15) is 0 Å². The van der Waals surface area contributed by atoms with E-state index >= 15 is 0 Å². The maximum Gasteiger partial charge on any atom is 0.231 e. The standard InChI is InChI=1S/C14H14N2O2S/c1-9(2)19-14-6-4-11(15-16-14)10-3-5-12-13(7-10)18-8-17-12/h3-7,9H,8H2,1-2H3. The van der Waals surface area contributed by atoms with Crippen molar-refractivity contribution in [2.45, 2.75) is 24.1 Å². The van der Waals surface area contributed by atoms with Crippen molar-refractivity contribution in [2.24, 2.45) is 0 Å². The quantitative estimate of drug-likeness (QED) is 0.803. The molecule has 0 unspecified atom stereocenters. The lowest BCUT2D eigenvalue weighted by atomic mass is 10.1. The summed E-state index contributed by atoms with van der Waals surface area (Å²) in [6.45, 7) is 4.56. The van der Waals surface area contributed by atoms with Gasteiger partial charge in [0.05, 0.1) is 5.69 Å². The SMILES string of the molecule is CC(C)Sc1ccc(-c2ccc3c(c2)OCO3)nn1. The monoisotopic (exact) mass is 274 g/mol. The van der Waals surface area contributed by atoms with E-state index in [-0.39, 0.29) is 6.79 Å². The van der Waals surface area contributed by atoms with E-state index < -0.39 is 0 Å². The highest BCUT2D eigenvalue weighted by Gasteiger charge is 2.14. The predicted molar refractivity (Wildman–Crippen MR) is 74.6 cm³/mol. The van der Waals surface area contributed by atoms with Crippen molar-refractivity contribution in [3.8, 4) is 22.8 Å². The van der Waals surface area contributed by atoms with Crippen LogP contribution in [0.25, 0.3) is 11.3 Å². The number of rotatable bonds is 3. The number of aromatic nitrogens is 2. The Bertz CT molecular complexity index is 584. The second-order valence-corrected chi connectivity index (χ2v) is 6.09. The summed E-state index contributed by atoms with van der Waals surface area (Å²) in [6.07, 6.45) is 0. The lowest BCUT2D eigenvalue weighted by molar-refractivity contribution is 0.174. The van der Waals surface area contributed by atoms with Crippen LogP contribution in [-0.2, 0) is 0 Å². The maximum absolute atomic E-state index is 5.36.